The summed E-state index contributed by atoms with van der Waals surface area (Å²) in [6.45, 7) is 2.43. The molecule has 1 fully saturated rings. The number of carbonyl (C=O) groups excluding carboxylic acids is 5. The molecule has 1 unspecified atom stereocenters. The molecule has 1 aromatic rings. The van der Waals surface area contributed by atoms with Gasteiger partial charge in [-0.15, -0.1) is 0 Å². The second-order valence-corrected chi connectivity index (χ2v) is 6.44. The second-order valence-electron chi connectivity index (χ2n) is 6.44. The Labute approximate surface area is 155 Å². The van der Waals surface area contributed by atoms with Crippen LogP contribution in [0.15, 0.2) is 18.2 Å². The van der Waals surface area contributed by atoms with Crippen molar-refractivity contribution >= 4 is 35.2 Å². The standard InChI is InChI=1S/C18H20N4O5/c1-10(23)19-8-3-9-20-12-5-2-4-11-15(12)18(27)22(17(11)26)13-6-7-14(24)21-16(13)25/h2,4-5,13,20H,3,6-9H2,1H3,(H,19,23)(H,21,24,25). The molecule has 2 aliphatic rings. The highest BCUT2D eigenvalue weighted by Crippen LogP contribution is 2.32. The zero-order valence-corrected chi connectivity index (χ0v) is 14.8. The van der Waals surface area contributed by atoms with Crippen LogP contribution >= 0.6 is 0 Å². The molecule has 9 nitrogen and oxygen atoms in total. The number of nitrogens with zero attached hydrogens (tertiary/aromatic N) is 1. The third kappa shape index (κ3) is 3.67. The van der Waals surface area contributed by atoms with Crippen molar-refractivity contribution in [1.82, 2.24) is 15.5 Å². The van der Waals surface area contributed by atoms with Crippen LogP contribution in [0, 0.1) is 0 Å². The molecule has 0 spiro atoms. The van der Waals surface area contributed by atoms with E-state index in [2.05, 4.69) is 16.0 Å². The van der Waals surface area contributed by atoms with E-state index in [1.807, 2.05) is 0 Å². The number of imide groups is 2. The van der Waals surface area contributed by atoms with Gasteiger partial charge in [0.1, 0.15) is 6.04 Å². The van der Waals surface area contributed by atoms with E-state index in [1.54, 1.807) is 18.2 Å². The number of piperidine rings is 1. The fourth-order valence-corrected chi connectivity index (χ4v) is 3.24. The van der Waals surface area contributed by atoms with E-state index in [1.165, 1.54) is 6.92 Å². The molecule has 1 saturated heterocycles. The van der Waals surface area contributed by atoms with Crippen LogP contribution in [0.4, 0.5) is 5.69 Å². The van der Waals surface area contributed by atoms with E-state index in [0.29, 0.717) is 25.2 Å². The van der Waals surface area contributed by atoms with Crippen molar-refractivity contribution in [1.29, 1.82) is 0 Å². The van der Waals surface area contributed by atoms with E-state index in [0.717, 1.165) is 4.90 Å². The van der Waals surface area contributed by atoms with Crippen molar-refractivity contribution in [2.24, 2.45) is 0 Å². The number of nitrogens with one attached hydrogen (secondary N) is 3. The SMILES string of the molecule is CC(=O)NCCCNc1cccc2c1C(=O)N(C1CCC(=O)NC1=O)C2=O. The first kappa shape index (κ1) is 18.6. The summed E-state index contributed by atoms with van der Waals surface area (Å²) in [6, 6.07) is 3.91. The number of rotatable bonds is 6. The van der Waals surface area contributed by atoms with Gasteiger partial charge in [-0.1, -0.05) is 6.07 Å². The van der Waals surface area contributed by atoms with E-state index in [9.17, 15) is 24.0 Å². The molecule has 0 saturated carbocycles. The minimum Gasteiger partial charge on any atom is -0.384 e. The molecular weight excluding hydrogens is 352 g/mol. The molecule has 5 amide bonds. The monoisotopic (exact) mass is 372 g/mol. The summed E-state index contributed by atoms with van der Waals surface area (Å²) < 4.78 is 0. The van der Waals surface area contributed by atoms with Gasteiger partial charge in [0.2, 0.25) is 17.7 Å². The van der Waals surface area contributed by atoms with Crippen LogP contribution in [0.5, 0.6) is 0 Å². The van der Waals surface area contributed by atoms with Gasteiger partial charge in [-0.2, -0.15) is 0 Å². The Hall–Kier alpha value is -3.23. The predicted octanol–water partition coefficient (Wildman–Crippen LogP) is 0.0259. The van der Waals surface area contributed by atoms with Gasteiger partial charge in [-0.05, 0) is 25.0 Å². The Balaban J connectivity index is 1.75. The van der Waals surface area contributed by atoms with Crippen molar-refractivity contribution in [2.75, 3.05) is 18.4 Å². The Bertz CT molecular complexity index is 835. The topological polar surface area (TPSA) is 125 Å². The maximum absolute atomic E-state index is 12.9. The summed E-state index contributed by atoms with van der Waals surface area (Å²) in [5.41, 5.74) is 0.965. The van der Waals surface area contributed by atoms with Gasteiger partial charge in [0.15, 0.2) is 0 Å². The smallest absolute Gasteiger partial charge is 0.264 e. The molecule has 0 radical (unpaired) electrons. The number of carbonyl (C=O) groups is 5. The lowest BCUT2D eigenvalue weighted by Crippen LogP contribution is -2.54. The summed E-state index contributed by atoms with van der Waals surface area (Å²) in [7, 11) is 0. The number of benzene rings is 1. The molecular formula is C18H20N4O5. The Morgan fingerprint density at radius 2 is 1.96 bits per heavy atom. The molecule has 27 heavy (non-hydrogen) atoms. The van der Waals surface area contributed by atoms with Gasteiger partial charge in [0, 0.05) is 32.1 Å². The van der Waals surface area contributed by atoms with Crippen molar-refractivity contribution in [2.45, 2.75) is 32.2 Å². The predicted molar refractivity (Wildman–Crippen MR) is 94.9 cm³/mol. The van der Waals surface area contributed by atoms with Crippen LogP contribution in [0.1, 0.15) is 46.9 Å². The molecule has 0 bridgehead atoms. The minimum atomic E-state index is -0.984. The van der Waals surface area contributed by atoms with Crippen molar-refractivity contribution < 1.29 is 24.0 Å². The third-order valence-corrected chi connectivity index (χ3v) is 4.51. The Morgan fingerprint density at radius 1 is 1.19 bits per heavy atom. The average Bonchev–Trinajstić information content (AvgIpc) is 2.87. The normalized spacial score (nSPS) is 19.0. The molecule has 2 aliphatic heterocycles. The molecule has 1 aromatic carbocycles. The van der Waals surface area contributed by atoms with Crippen LogP contribution in [-0.4, -0.2) is 53.6 Å². The summed E-state index contributed by atoms with van der Waals surface area (Å²) >= 11 is 0. The van der Waals surface area contributed by atoms with Gasteiger partial charge in [-0.3, -0.25) is 34.2 Å². The Morgan fingerprint density at radius 3 is 2.67 bits per heavy atom. The first-order valence-corrected chi connectivity index (χ1v) is 8.73. The number of anilines is 1. The maximum atomic E-state index is 12.9. The third-order valence-electron chi connectivity index (χ3n) is 4.51. The molecule has 142 valence electrons. The lowest BCUT2D eigenvalue weighted by atomic mass is 10.0. The van der Waals surface area contributed by atoms with Crippen LogP contribution in [0.2, 0.25) is 0 Å². The molecule has 0 aliphatic carbocycles. The van der Waals surface area contributed by atoms with Gasteiger partial charge < -0.3 is 10.6 Å². The highest BCUT2D eigenvalue weighted by molar-refractivity contribution is 6.25. The minimum absolute atomic E-state index is 0.0814. The maximum Gasteiger partial charge on any atom is 0.264 e. The molecule has 2 heterocycles. The van der Waals surface area contributed by atoms with Crippen molar-refractivity contribution in [3.63, 3.8) is 0 Å². The largest absolute Gasteiger partial charge is 0.384 e. The van der Waals surface area contributed by atoms with Crippen LogP contribution < -0.4 is 16.0 Å². The lowest BCUT2D eigenvalue weighted by Gasteiger charge is -2.27. The summed E-state index contributed by atoms with van der Waals surface area (Å²) in [4.78, 5) is 60.8. The zero-order chi connectivity index (χ0) is 19.6. The van der Waals surface area contributed by atoms with Gasteiger partial charge >= 0.3 is 0 Å². The van der Waals surface area contributed by atoms with E-state index >= 15 is 0 Å². The van der Waals surface area contributed by atoms with E-state index in [-0.39, 0.29) is 29.9 Å². The zero-order valence-electron chi connectivity index (χ0n) is 14.8. The number of amides is 5. The van der Waals surface area contributed by atoms with Crippen LogP contribution in [0.25, 0.3) is 0 Å². The number of hydrogen-bond donors (Lipinski definition) is 3. The summed E-state index contributed by atoms with van der Waals surface area (Å²) in [6.07, 6.45) is 0.843. The second kappa shape index (κ2) is 7.56. The molecule has 9 heteroatoms. The average molecular weight is 372 g/mol. The van der Waals surface area contributed by atoms with Gasteiger partial charge in [0.05, 0.1) is 11.1 Å². The first-order chi connectivity index (χ1) is 12.9. The lowest BCUT2D eigenvalue weighted by molar-refractivity contribution is -0.136. The summed E-state index contributed by atoms with van der Waals surface area (Å²) in [5.74, 6) is -2.24. The van der Waals surface area contributed by atoms with Crippen LogP contribution in [0.3, 0.4) is 0 Å². The van der Waals surface area contributed by atoms with Gasteiger partial charge in [-0.25, -0.2) is 0 Å². The van der Waals surface area contributed by atoms with E-state index in [4.69, 9.17) is 0 Å². The fraction of sp³-hybridized carbons (Fsp3) is 0.389. The van der Waals surface area contributed by atoms with E-state index < -0.39 is 29.7 Å². The van der Waals surface area contributed by atoms with Crippen LogP contribution in [-0.2, 0) is 14.4 Å². The Kier molecular flexibility index (Phi) is 5.20. The molecule has 1 atom stereocenters. The van der Waals surface area contributed by atoms with Crippen molar-refractivity contribution in [3.8, 4) is 0 Å². The highest BCUT2D eigenvalue weighted by atomic mass is 16.2. The first-order valence-electron chi connectivity index (χ1n) is 8.73. The quantitative estimate of drug-likeness (QED) is 0.478. The van der Waals surface area contributed by atoms with Gasteiger partial charge in [0.25, 0.3) is 11.8 Å². The van der Waals surface area contributed by atoms with Crippen molar-refractivity contribution in [3.05, 3.63) is 29.3 Å². The molecule has 0 aromatic heterocycles. The number of hydrogen-bond acceptors (Lipinski definition) is 6. The number of fused-ring (bicyclic) bond motifs is 1. The summed E-state index contributed by atoms with van der Waals surface area (Å²) in [5, 5.41) is 7.96. The highest BCUT2D eigenvalue weighted by Gasteiger charge is 2.45. The fourth-order valence-electron chi connectivity index (χ4n) is 3.24. The molecule has 3 rings (SSSR count). The molecule has 3 N–H and O–H groups in total.